The molecule has 2 rings (SSSR count). The molecule has 0 saturated heterocycles. The lowest BCUT2D eigenvalue weighted by Gasteiger charge is -2.25. The molecule has 0 aliphatic carbocycles. The Bertz CT molecular complexity index is 469. The number of hydrogen-bond donors (Lipinski definition) is 1. The topological polar surface area (TPSA) is 42.2 Å². The van der Waals surface area contributed by atoms with Crippen LogP contribution >= 0.6 is 11.3 Å². The maximum absolute atomic E-state index is 6.32. The van der Waals surface area contributed by atoms with Gasteiger partial charge in [0, 0.05) is 24.5 Å². The summed E-state index contributed by atoms with van der Waals surface area (Å²) in [5.74, 6) is 0.408. The van der Waals surface area contributed by atoms with Gasteiger partial charge in [0.15, 0.2) is 0 Å². The third-order valence-electron chi connectivity index (χ3n) is 3.31. The molecule has 19 heavy (non-hydrogen) atoms. The quantitative estimate of drug-likeness (QED) is 0.881. The SMILES string of the molecule is CC(CN(C)Cc1cscn1)C(N)c1ccccc1. The second kappa shape index (κ2) is 6.80. The van der Waals surface area contributed by atoms with Gasteiger partial charge < -0.3 is 10.6 Å². The molecule has 2 unspecified atom stereocenters. The number of benzene rings is 1. The van der Waals surface area contributed by atoms with Gasteiger partial charge in [0.1, 0.15) is 0 Å². The molecule has 0 fully saturated rings. The van der Waals surface area contributed by atoms with Crippen LogP contribution in [0, 0.1) is 5.92 Å². The van der Waals surface area contributed by atoms with E-state index in [0.29, 0.717) is 5.92 Å². The van der Waals surface area contributed by atoms with Gasteiger partial charge in [-0.1, -0.05) is 37.3 Å². The highest BCUT2D eigenvalue weighted by atomic mass is 32.1. The van der Waals surface area contributed by atoms with Crippen LogP contribution in [0.1, 0.15) is 24.2 Å². The number of hydrogen-bond acceptors (Lipinski definition) is 4. The van der Waals surface area contributed by atoms with Crippen molar-refractivity contribution in [1.29, 1.82) is 0 Å². The van der Waals surface area contributed by atoms with E-state index in [1.54, 1.807) is 11.3 Å². The van der Waals surface area contributed by atoms with Crippen LogP contribution in [0.5, 0.6) is 0 Å². The molecule has 1 aromatic carbocycles. The molecule has 3 nitrogen and oxygen atoms in total. The largest absolute Gasteiger partial charge is 0.324 e. The highest BCUT2D eigenvalue weighted by molar-refractivity contribution is 7.07. The molecule has 2 aromatic rings. The molecule has 0 spiro atoms. The number of nitrogens with zero attached hydrogens (tertiary/aromatic N) is 2. The van der Waals surface area contributed by atoms with Crippen LogP contribution in [-0.4, -0.2) is 23.5 Å². The van der Waals surface area contributed by atoms with Gasteiger partial charge in [0.25, 0.3) is 0 Å². The minimum Gasteiger partial charge on any atom is -0.324 e. The first-order valence-electron chi connectivity index (χ1n) is 6.53. The fourth-order valence-corrected chi connectivity index (χ4v) is 2.82. The van der Waals surface area contributed by atoms with Crippen LogP contribution in [0.2, 0.25) is 0 Å². The van der Waals surface area contributed by atoms with Crippen molar-refractivity contribution in [2.75, 3.05) is 13.6 Å². The van der Waals surface area contributed by atoms with Crippen molar-refractivity contribution in [2.24, 2.45) is 11.7 Å². The summed E-state index contributed by atoms with van der Waals surface area (Å²) in [7, 11) is 2.12. The molecule has 0 aliphatic rings. The van der Waals surface area contributed by atoms with Crippen molar-refractivity contribution in [3.63, 3.8) is 0 Å². The summed E-state index contributed by atoms with van der Waals surface area (Å²) in [4.78, 5) is 6.59. The minimum absolute atomic E-state index is 0.0825. The fraction of sp³-hybridized carbons (Fsp3) is 0.400. The molecule has 4 heteroatoms. The standard InChI is InChI=1S/C15H21N3S/c1-12(15(16)13-6-4-3-5-7-13)8-18(2)9-14-10-19-11-17-14/h3-7,10-12,15H,8-9,16H2,1-2H3. The van der Waals surface area contributed by atoms with Crippen molar-refractivity contribution in [3.8, 4) is 0 Å². The van der Waals surface area contributed by atoms with E-state index in [-0.39, 0.29) is 6.04 Å². The van der Waals surface area contributed by atoms with Crippen LogP contribution in [-0.2, 0) is 6.54 Å². The zero-order valence-corrected chi connectivity index (χ0v) is 12.3. The second-order valence-corrected chi connectivity index (χ2v) is 5.81. The van der Waals surface area contributed by atoms with Gasteiger partial charge in [-0.25, -0.2) is 4.98 Å². The summed E-state index contributed by atoms with van der Waals surface area (Å²) < 4.78 is 0. The lowest BCUT2D eigenvalue weighted by molar-refractivity contribution is 0.256. The maximum Gasteiger partial charge on any atom is 0.0795 e. The summed E-state index contributed by atoms with van der Waals surface area (Å²) >= 11 is 1.64. The van der Waals surface area contributed by atoms with Crippen LogP contribution in [0.25, 0.3) is 0 Å². The number of thiazole rings is 1. The summed E-state index contributed by atoms with van der Waals surface area (Å²) in [6, 6.07) is 10.4. The summed E-state index contributed by atoms with van der Waals surface area (Å²) in [6.45, 7) is 4.05. The summed E-state index contributed by atoms with van der Waals surface area (Å²) in [6.07, 6.45) is 0. The first-order valence-corrected chi connectivity index (χ1v) is 7.47. The molecular formula is C15H21N3S. The molecule has 0 aliphatic heterocycles. The van der Waals surface area contributed by atoms with Gasteiger partial charge in [0.05, 0.1) is 11.2 Å². The van der Waals surface area contributed by atoms with E-state index in [4.69, 9.17) is 5.73 Å². The van der Waals surface area contributed by atoms with Gasteiger partial charge in [-0.05, 0) is 18.5 Å². The Balaban J connectivity index is 1.88. The van der Waals surface area contributed by atoms with E-state index in [1.165, 1.54) is 5.56 Å². The second-order valence-electron chi connectivity index (χ2n) is 5.09. The van der Waals surface area contributed by atoms with Crippen molar-refractivity contribution < 1.29 is 0 Å². The van der Waals surface area contributed by atoms with Gasteiger partial charge in [-0.15, -0.1) is 11.3 Å². The zero-order valence-electron chi connectivity index (χ0n) is 11.5. The Kier molecular flexibility index (Phi) is 5.07. The van der Waals surface area contributed by atoms with Crippen molar-refractivity contribution in [3.05, 3.63) is 52.5 Å². The Morgan fingerprint density at radius 1 is 1.32 bits per heavy atom. The monoisotopic (exact) mass is 275 g/mol. The smallest absolute Gasteiger partial charge is 0.0795 e. The van der Waals surface area contributed by atoms with Crippen LogP contribution in [0.4, 0.5) is 0 Å². The van der Waals surface area contributed by atoms with Crippen molar-refractivity contribution in [1.82, 2.24) is 9.88 Å². The first-order chi connectivity index (χ1) is 9.16. The first kappa shape index (κ1) is 14.2. The summed E-state index contributed by atoms with van der Waals surface area (Å²) in [5, 5.41) is 2.10. The van der Waals surface area contributed by atoms with Gasteiger partial charge >= 0.3 is 0 Å². The van der Waals surface area contributed by atoms with E-state index in [0.717, 1.165) is 18.8 Å². The Hall–Kier alpha value is -1.23. The van der Waals surface area contributed by atoms with Crippen molar-refractivity contribution >= 4 is 11.3 Å². The third kappa shape index (κ3) is 4.13. The van der Waals surface area contributed by atoms with Crippen LogP contribution in [0.3, 0.4) is 0 Å². The average molecular weight is 275 g/mol. The average Bonchev–Trinajstić information content (AvgIpc) is 2.91. The molecule has 0 bridgehead atoms. The molecule has 1 aromatic heterocycles. The number of aromatic nitrogens is 1. The maximum atomic E-state index is 6.32. The summed E-state index contributed by atoms with van der Waals surface area (Å²) in [5.41, 5.74) is 10.5. The molecule has 0 amide bonds. The lowest BCUT2D eigenvalue weighted by Crippen LogP contribution is -2.30. The predicted molar refractivity (Wildman–Crippen MR) is 81.0 cm³/mol. The van der Waals surface area contributed by atoms with Crippen molar-refractivity contribution in [2.45, 2.75) is 19.5 Å². The Morgan fingerprint density at radius 2 is 2.05 bits per heavy atom. The molecular weight excluding hydrogens is 254 g/mol. The molecule has 2 atom stereocenters. The molecule has 102 valence electrons. The molecule has 2 N–H and O–H groups in total. The van der Waals surface area contributed by atoms with E-state index in [2.05, 4.69) is 41.4 Å². The molecule has 0 radical (unpaired) electrons. The Labute approximate surface area is 119 Å². The van der Waals surface area contributed by atoms with E-state index >= 15 is 0 Å². The Morgan fingerprint density at radius 3 is 2.68 bits per heavy atom. The van der Waals surface area contributed by atoms with E-state index < -0.39 is 0 Å². The van der Waals surface area contributed by atoms with Crippen LogP contribution < -0.4 is 5.73 Å². The predicted octanol–water partition coefficient (Wildman–Crippen LogP) is 2.91. The molecule has 0 saturated carbocycles. The minimum atomic E-state index is 0.0825. The van der Waals surface area contributed by atoms with E-state index in [1.807, 2.05) is 23.7 Å². The third-order valence-corrected chi connectivity index (χ3v) is 3.95. The highest BCUT2D eigenvalue weighted by Gasteiger charge is 2.16. The zero-order chi connectivity index (χ0) is 13.7. The van der Waals surface area contributed by atoms with Gasteiger partial charge in [-0.3, -0.25) is 0 Å². The van der Waals surface area contributed by atoms with E-state index in [9.17, 15) is 0 Å². The van der Waals surface area contributed by atoms with Gasteiger partial charge in [0.2, 0.25) is 0 Å². The number of rotatable bonds is 6. The van der Waals surface area contributed by atoms with Gasteiger partial charge in [-0.2, -0.15) is 0 Å². The fourth-order valence-electron chi connectivity index (χ4n) is 2.27. The van der Waals surface area contributed by atoms with Crippen LogP contribution in [0.15, 0.2) is 41.2 Å². The lowest BCUT2D eigenvalue weighted by atomic mass is 9.95. The highest BCUT2D eigenvalue weighted by Crippen LogP contribution is 2.20. The number of nitrogens with two attached hydrogens (primary N) is 1. The normalized spacial score (nSPS) is 14.5. The molecule has 1 heterocycles.